The maximum atomic E-state index is 13.6. The molecule has 0 unspecified atom stereocenters. The highest BCUT2D eigenvalue weighted by Crippen LogP contribution is 2.27. The van der Waals surface area contributed by atoms with E-state index in [0.29, 0.717) is 33.1 Å². The number of nitrogens with zero attached hydrogens (tertiary/aromatic N) is 2. The zero-order valence-electron chi connectivity index (χ0n) is 18.7. The standard InChI is InChI=1S/C26H21N5O3S/c1-15-6-2-5-9-20(15)31-25(34)23-22(18-7-3-4-8-19(18)29-23)30-26(31)35-14-21(32)28-17-12-10-16(11-13-17)24(27)33/h2-13,29H,14H2,1H3,(H2,27,33)(H,28,32). The van der Waals surface area contributed by atoms with Gasteiger partial charge in [0, 0.05) is 22.2 Å². The number of hydrogen-bond donors (Lipinski definition) is 3. The lowest BCUT2D eigenvalue weighted by atomic mass is 10.2. The lowest BCUT2D eigenvalue weighted by molar-refractivity contribution is -0.113. The van der Waals surface area contributed by atoms with Gasteiger partial charge < -0.3 is 16.0 Å². The molecule has 4 N–H and O–H groups in total. The normalized spacial score (nSPS) is 11.1. The molecule has 2 amide bonds. The van der Waals surface area contributed by atoms with Crippen LogP contribution in [0.25, 0.3) is 27.6 Å². The molecule has 2 aromatic heterocycles. The summed E-state index contributed by atoms with van der Waals surface area (Å²) in [5.41, 5.74) is 9.35. The highest BCUT2D eigenvalue weighted by molar-refractivity contribution is 7.99. The second-order valence-electron chi connectivity index (χ2n) is 7.99. The smallest absolute Gasteiger partial charge is 0.283 e. The predicted molar refractivity (Wildman–Crippen MR) is 138 cm³/mol. The lowest BCUT2D eigenvalue weighted by Crippen LogP contribution is -2.23. The summed E-state index contributed by atoms with van der Waals surface area (Å²) in [6.45, 7) is 1.92. The molecule has 0 aliphatic carbocycles. The highest BCUT2D eigenvalue weighted by Gasteiger charge is 2.19. The zero-order chi connectivity index (χ0) is 24.5. The first kappa shape index (κ1) is 22.4. The molecule has 174 valence electrons. The molecule has 0 aliphatic rings. The van der Waals surface area contributed by atoms with Crippen LogP contribution in [0.4, 0.5) is 5.69 Å². The summed E-state index contributed by atoms with van der Waals surface area (Å²) >= 11 is 1.18. The Balaban J connectivity index is 1.51. The zero-order valence-corrected chi connectivity index (χ0v) is 19.6. The number of benzene rings is 3. The average Bonchev–Trinajstić information content (AvgIpc) is 3.23. The molecular formula is C26H21N5O3S. The van der Waals surface area contributed by atoms with Gasteiger partial charge in [0.2, 0.25) is 11.8 Å². The van der Waals surface area contributed by atoms with Crippen molar-refractivity contribution in [3.8, 4) is 5.69 Å². The minimum atomic E-state index is -0.536. The van der Waals surface area contributed by atoms with Gasteiger partial charge >= 0.3 is 0 Å². The van der Waals surface area contributed by atoms with Crippen LogP contribution in [0.2, 0.25) is 0 Å². The van der Waals surface area contributed by atoms with Crippen molar-refractivity contribution in [1.82, 2.24) is 14.5 Å². The molecular weight excluding hydrogens is 462 g/mol. The van der Waals surface area contributed by atoms with Crippen molar-refractivity contribution in [3.05, 3.63) is 94.3 Å². The average molecular weight is 484 g/mol. The fraction of sp³-hybridized carbons (Fsp3) is 0.0769. The van der Waals surface area contributed by atoms with Crippen molar-refractivity contribution in [2.75, 3.05) is 11.1 Å². The van der Waals surface area contributed by atoms with E-state index in [9.17, 15) is 14.4 Å². The van der Waals surface area contributed by atoms with Crippen LogP contribution < -0.4 is 16.6 Å². The number of aromatic amines is 1. The summed E-state index contributed by atoms with van der Waals surface area (Å²) < 4.78 is 1.55. The van der Waals surface area contributed by atoms with E-state index in [1.807, 2.05) is 55.5 Å². The molecule has 0 fully saturated rings. The third-order valence-corrected chi connectivity index (χ3v) is 6.57. The number of carbonyl (C=O) groups is 2. The summed E-state index contributed by atoms with van der Waals surface area (Å²) in [5.74, 6) is -0.776. The lowest BCUT2D eigenvalue weighted by Gasteiger charge is -2.14. The van der Waals surface area contributed by atoms with Crippen molar-refractivity contribution in [1.29, 1.82) is 0 Å². The molecule has 5 aromatic rings. The van der Waals surface area contributed by atoms with Gasteiger partial charge in [0.05, 0.1) is 11.4 Å². The molecule has 0 saturated heterocycles. The first-order valence-electron chi connectivity index (χ1n) is 10.8. The number of aromatic nitrogens is 3. The number of fused-ring (bicyclic) bond motifs is 3. The first-order chi connectivity index (χ1) is 16.9. The quantitative estimate of drug-likeness (QED) is 0.249. The Morgan fingerprint density at radius 2 is 1.74 bits per heavy atom. The van der Waals surface area contributed by atoms with Gasteiger partial charge in [0.15, 0.2) is 5.16 Å². The van der Waals surface area contributed by atoms with Crippen molar-refractivity contribution >= 4 is 51.2 Å². The van der Waals surface area contributed by atoms with Crippen LogP contribution in [0.5, 0.6) is 0 Å². The number of aryl methyl sites for hydroxylation is 1. The molecule has 0 radical (unpaired) electrons. The molecule has 9 heteroatoms. The van der Waals surface area contributed by atoms with Crippen LogP contribution in [0, 0.1) is 6.92 Å². The van der Waals surface area contributed by atoms with Crippen LogP contribution in [-0.4, -0.2) is 32.1 Å². The van der Waals surface area contributed by atoms with Gasteiger partial charge in [-0.3, -0.25) is 19.0 Å². The third-order valence-electron chi connectivity index (χ3n) is 5.64. The van der Waals surface area contributed by atoms with E-state index in [1.54, 1.807) is 28.8 Å². The summed E-state index contributed by atoms with van der Waals surface area (Å²) in [6.07, 6.45) is 0. The van der Waals surface area contributed by atoms with Crippen LogP contribution in [0.3, 0.4) is 0 Å². The fourth-order valence-corrected chi connectivity index (χ4v) is 4.71. The van der Waals surface area contributed by atoms with Crippen molar-refractivity contribution in [2.45, 2.75) is 12.1 Å². The number of hydrogen-bond acceptors (Lipinski definition) is 5. The van der Waals surface area contributed by atoms with E-state index in [4.69, 9.17) is 10.7 Å². The van der Waals surface area contributed by atoms with Crippen LogP contribution in [-0.2, 0) is 4.79 Å². The Morgan fingerprint density at radius 3 is 2.49 bits per heavy atom. The molecule has 3 aromatic carbocycles. The maximum absolute atomic E-state index is 13.6. The number of H-pyrrole nitrogens is 1. The monoisotopic (exact) mass is 483 g/mol. The number of nitrogens with two attached hydrogens (primary N) is 1. The van der Waals surface area contributed by atoms with E-state index >= 15 is 0 Å². The van der Waals surface area contributed by atoms with E-state index in [2.05, 4.69) is 10.3 Å². The highest BCUT2D eigenvalue weighted by atomic mass is 32.2. The minimum absolute atomic E-state index is 0.0315. The molecule has 0 saturated carbocycles. The van der Waals surface area contributed by atoms with Gasteiger partial charge in [-0.25, -0.2) is 4.98 Å². The van der Waals surface area contributed by atoms with E-state index in [-0.39, 0.29) is 17.2 Å². The summed E-state index contributed by atoms with van der Waals surface area (Å²) in [7, 11) is 0. The fourth-order valence-electron chi connectivity index (χ4n) is 3.91. The maximum Gasteiger partial charge on any atom is 0.283 e. The molecule has 35 heavy (non-hydrogen) atoms. The van der Waals surface area contributed by atoms with Crippen LogP contribution in [0.1, 0.15) is 15.9 Å². The number of primary amides is 1. The number of nitrogens with one attached hydrogen (secondary N) is 2. The number of anilines is 1. The number of rotatable bonds is 6. The van der Waals surface area contributed by atoms with Crippen molar-refractivity contribution in [2.24, 2.45) is 5.73 Å². The Morgan fingerprint density at radius 1 is 1.03 bits per heavy atom. The van der Waals surface area contributed by atoms with Gasteiger partial charge in [-0.2, -0.15) is 0 Å². The Hall–Kier alpha value is -4.37. The van der Waals surface area contributed by atoms with E-state index in [1.165, 1.54) is 11.8 Å². The Labute approximate surface area is 204 Å². The van der Waals surface area contributed by atoms with E-state index in [0.717, 1.165) is 16.5 Å². The van der Waals surface area contributed by atoms with Gasteiger partial charge in [-0.1, -0.05) is 48.2 Å². The topological polar surface area (TPSA) is 123 Å². The number of thioether (sulfide) groups is 1. The molecule has 0 bridgehead atoms. The third kappa shape index (κ3) is 4.29. The first-order valence-corrected chi connectivity index (χ1v) is 11.8. The van der Waals surface area contributed by atoms with Crippen molar-refractivity contribution in [3.63, 3.8) is 0 Å². The van der Waals surface area contributed by atoms with Gasteiger partial charge in [-0.05, 0) is 48.9 Å². The summed E-state index contributed by atoms with van der Waals surface area (Å²) in [6, 6.07) is 21.5. The van der Waals surface area contributed by atoms with Gasteiger partial charge in [0.25, 0.3) is 5.56 Å². The molecule has 0 aliphatic heterocycles. The predicted octanol–water partition coefficient (Wildman–Crippen LogP) is 4.01. The van der Waals surface area contributed by atoms with E-state index < -0.39 is 5.91 Å². The van der Waals surface area contributed by atoms with Crippen molar-refractivity contribution < 1.29 is 9.59 Å². The number of carbonyl (C=O) groups excluding carboxylic acids is 2. The largest absolute Gasteiger partial charge is 0.366 e. The Kier molecular flexibility index (Phi) is 5.84. The summed E-state index contributed by atoms with van der Waals surface area (Å²) in [4.78, 5) is 45.6. The number of para-hydroxylation sites is 2. The van der Waals surface area contributed by atoms with Crippen LogP contribution >= 0.6 is 11.8 Å². The second-order valence-corrected chi connectivity index (χ2v) is 8.94. The molecule has 0 atom stereocenters. The summed E-state index contributed by atoms with van der Waals surface area (Å²) in [5, 5.41) is 4.05. The van der Waals surface area contributed by atoms with Gasteiger partial charge in [-0.15, -0.1) is 0 Å². The van der Waals surface area contributed by atoms with Gasteiger partial charge in [0.1, 0.15) is 11.0 Å². The molecule has 5 rings (SSSR count). The minimum Gasteiger partial charge on any atom is -0.366 e. The SMILES string of the molecule is Cc1ccccc1-n1c(SCC(=O)Nc2ccc(C(N)=O)cc2)nc2c([nH]c3ccccc32)c1=O. The molecule has 0 spiro atoms. The molecule has 8 nitrogen and oxygen atoms in total. The second kappa shape index (κ2) is 9.11. The molecule has 2 heterocycles. The van der Waals surface area contributed by atoms with Crippen LogP contribution in [0.15, 0.2) is 82.7 Å². The Bertz CT molecular complexity index is 1650. The number of amides is 2.